The fourth-order valence-corrected chi connectivity index (χ4v) is 3.70. The number of thiazole rings is 1. The van der Waals surface area contributed by atoms with E-state index in [2.05, 4.69) is 25.4 Å². The fourth-order valence-electron chi connectivity index (χ4n) is 2.67. The maximum absolute atomic E-state index is 12.4. The number of carbonyl (C=O) groups is 1. The van der Waals surface area contributed by atoms with Gasteiger partial charge in [0.1, 0.15) is 5.56 Å². The number of ether oxygens (including phenoxy) is 1. The lowest BCUT2D eigenvalue weighted by molar-refractivity contribution is 0.0526. The number of hydrogen-bond acceptors (Lipinski definition) is 8. The summed E-state index contributed by atoms with van der Waals surface area (Å²) in [5, 5.41) is 8.12. The number of esters is 1. The molecule has 1 aromatic carbocycles. The minimum absolute atomic E-state index is 0.204. The second-order valence-corrected chi connectivity index (χ2v) is 7.80. The van der Waals surface area contributed by atoms with E-state index in [4.69, 9.17) is 16.3 Å². The van der Waals surface area contributed by atoms with Crippen molar-refractivity contribution in [1.29, 1.82) is 0 Å². The summed E-state index contributed by atoms with van der Waals surface area (Å²) >= 11 is 7.50. The number of fused-ring (bicyclic) bond motifs is 1. The van der Waals surface area contributed by atoms with Crippen molar-refractivity contribution >= 4 is 45.6 Å². The molecule has 0 aliphatic carbocycles. The van der Waals surface area contributed by atoms with Gasteiger partial charge in [-0.15, -0.1) is 5.10 Å². The van der Waals surface area contributed by atoms with E-state index in [1.807, 2.05) is 26.0 Å². The first-order valence-corrected chi connectivity index (χ1v) is 10.1. The Labute approximate surface area is 175 Å². The lowest BCUT2D eigenvalue weighted by Gasteiger charge is -2.10. The molecule has 0 aliphatic rings. The molecule has 0 atom stereocenters. The molecule has 0 fully saturated rings. The molecule has 4 rings (SSSR count). The zero-order chi connectivity index (χ0) is 20.5. The highest BCUT2D eigenvalue weighted by atomic mass is 35.5. The molecule has 3 aromatic heterocycles. The summed E-state index contributed by atoms with van der Waals surface area (Å²) in [5.74, 6) is 0.526. The Kier molecular flexibility index (Phi) is 5.16. The number of hydrogen-bond donors (Lipinski definition) is 1. The predicted octanol–water partition coefficient (Wildman–Crippen LogP) is 4.44. The van der Waals surface area contributed by atoms with Crippen molar-refractivity contribution < 1.29 is 9.53 Å². The van der Waals surface area contributed by atoms with Gasteiger partial charge in [-0.3, -0.25) is 0 Å². The van der Waals surface area contributed by atoms with Gasteiger partial charge < -0.3 is 10.1 Å². The smallest absolute Gasteiger partial charge is 0.343 e. The number of aromatic nitrogens is 5. The zero-order valence-electron chi connectivity index (χ0n) is 15.9. The monoisotopic (exact) mass is 428 g/mol. The number of nitrogens with zero attached hydrogens (tertiary/aromatic N) is 5. The van der Waals surface area contributed by atoms with Gasteiger partial charge >= 0.3 is 5.97 Å². The van der Waals surface area contributed by atoms with Crippen LogP contribution in [0, 0.1) is 13.8 Å². The van der Waals surface area contributed by atoms with Gasteiger partial charge in [0.05, 0.1) is 12.3 Å². The first-order valence-electron chi connectivity index (χ1n) is 8.86. The second kappa shape index (κ2) is 7.76. The molecule has 0 aliphatic heterocycles. The third kappa shape index (κ3) is 3.79. The van der Waals surface area contributed by atoms with Crippen LogP contribution in [0.5, 0.6) is 0 Å². The number of anilines is 2. The van der Waals surface area contributed by atoms with Crippen LogP contribution in [0.1, 0.15) is 27.9 Å². The van der Waals surface area contributed by atoms with Gasteiger partial charge in [0.2, 0.25) is 10.9 Å². The normalized spacial score (nSPS) is 11.0. The average molecular weight is 429 g/mol. The Morgan fingerprint density at radius 3 is 2.69 bits per heavy atom. The van der Waals surface area contributed by atoms with E-state index in [9.17, 15) is 4.79 Å². The SMILES string of the molecule is CCOC(=O)c1cnc(-c2ccc(Cl)cc2)nc1Nc1nc2sc(C)c(C)n2n1. The van der Waals surface area contributed by atoms with E-state index in [-0.39, 0.29) is 18.0 Å². The summed E-state index contributed by atoms with van der Waals surface area (Å²) in [6, 6.07) is 7.12. The quantitative estimate of drug-likeness (QED) is 0.469. The zero-order valence-corrected chi connectivity index (χ0v) is 17.5. The van der Waals surface area contributed by atoms with Crippen LogP contribution in [0.25, 0.3) is 16.3 Å². The average Bonchev–Trinajstić information content (AvgIpc) is 3.20. The summed E-state index contributed by atoms with van der Waals surface area (Å²) in [7, 11) is 0. The summed E-state index contributed by atoms with van der Waals surface area (Å²) in [4.78, 5) is 27.6. The third-order valence-electron chi connectivity index (χ3n) is 4.27. The van der Waals surface area contributed by atoms with Crippen molar-refractivity contribution in [2.24, 2.45) is 0 Å². The van der Waals surface area contributed by atoms with Crippen molar-refractivity contribution in [3.05, 3.63) is 51.6 Å². The Hall–Kier alpha value is -3.04. The van der Waals surface area contributed by atoms with Crippen LogP contribution in [-0.4, -0.2) is 37.1 Å². The van der Waals surface area contributed by atoms with Gasteiger partial charge in [0.25, 0.3) is 0 Å². The van der Waals surface area contributed by atoms with Crippen molar-refractivity contribution in [1.82, 2.24) is 24.6 Å². The van der Waals surface area contributed by atoms with Crippen molar-refractivity contribution in [2.75, 3.05) is 11.9 Å². The standard InChI is InChI=1S/C19H17ClN6O2S/c1-4-28-17(27)14-9-21-15(12-5-7-13(20)8-6-12)22-16(14)23-18-24-19-26(25-18)10(2)11(3)29-19/h5-9H,4H2,1-3H3,(H,21,22,23,25). The van der Waals surface area contributed by atoms with Gasteiger partial charge in [-0.2, -0.15) is 4.98 Å². The van der Waals surface area contributed by atoms with E-state index in [0.29, 0.717) is 16.8 Å². The number of rotatable bonds is 5. The molecule has 0 unspecified atom stereocenters. The van der Waals surface area contributed by atoms with Crippen LogP contribution < -0.4 is 5.32 Å². The minimum Gasteiger partial charge on any atom is -0.462 e. The molecule has 8 nitrogen and oxygen atoms in total. The summed E-state index contributed by atoms with van der Waals surface area (Å²) in [5.41, 5.74) is 1.98. The number of benzene rings is 1. The van der Waals surface area contributed by atoms with Gasteiger partial charge in [0, 0.05) is 21.7 Å². The maximum atomic E-state index is 12.4. The second-order valence-electron chi connectivity index (χ2n) is 6.18. The van der Waals surface area contributed by atoms with Crippen LogP contribution >= 0.6 is 22.9 Å². The van der Waals surface area contributed by atoms with Crippen LogP contribution in [0.2, 0.25) is 5.02 Å². The molecule has 0 spiro atoms. The van der Waals surface area contributed by atoms with E-state index >= 15 is 0 Å². The molecule has 1 N–H and O–H groups in total. The molecule has 4 aromatic rings. The Bertz CT molecular complexity index is 1200. The highest BCUT2D eigenvalue weighted by Crippen LogP contribution is 2.26. The van der Waals surface area contributed by atoms with Crippen molar-refractivity contribution in [3.63, 3.8) is 0 Å². The minimum atomic E-state index is -0.522. The molecule has 0 saturated carbocycles. The molecule has 10 heteroatoms. The molecular formula is C19H17ClN6O2S. The lowest BCUT2D eigenvalue weighted by Crippen LogP contribution is -2.11. The van der Waals surface area contributed by atoms with E-state index in [0.717, 1.165) is 21.1 Å². The molecule has 0 radical (unpaired) electrons. The van der Waals surface area contributed by atoms with Crippen molar-refractivity contribution in [3.8, 4) is 11.4 Å². The van der Waals surface area contributed by atoms with Gasteiger partial charge in [-0.05, 0) is 45.0 Å². The maximum Gasteiger partial charge on any atom is 0.343 e. The summed E-state index contributed by atoms with van der Waals surface area (Å²) < 4.78 is 6.88. The number of nitrogens with one attached hydrogen (secondary N) is 1. The van der Waals surface area contributed by atoms with Crippen LogP contribution in [0.4, 0.5) is 11.8 Å². The summed E-state index contributed by atoms with van der Waals surface area (Å²) in [6.45, 7) is 5.98. The largest absolute Gasteiger partial charge is 0.462 e. The number of carbonyl (C=O) groups excluding carboxylic acids is 1. The molecule has 3 heterocycles. The first-order chi connectivity index (χ1) is 14.0. The molecule has 0 bridgehead atoms. The van der Waals surface area contributed by atoms with Crippen molar-refractivity contribution in [2.45, 2.75) is 20.8 Å². The van der Waals surface area contributed by atoms with Gasteiger partial charge in [0.15, 0.2) is 11.6 Å². The highest BCUT2D eigenvalue weighted by molar-refractivity contribution is 7.17. The molecule has 29 heavy (non-hydrogen) atoms. The molecule has 0 amide bonds. The van der Waals surface area contributed by atoms with E-state index in [1.165, 1.54) is 6.20 Å². The van der Waals surface area contributed by atoms with E-state index in [1.54, 1.807) is 34.9 Å². The first kappa shape index (κ1) is 19.3. The summed E-state index contributed by atoms with van der Waals surface area (Å²) in [6.07, 6.45) is 1.44. The number of aryl methyl sites for hydroxylation is 2. The fraction of sp³-hybridized carbons (Fsp3) is 0.211. The predicted molar refractivity (Wildman–Crippen MR) is 112 cm³/mol. The van der Waals surface area contributed by atoms with Crippen LogP contribution in [0.3, 0.4) is 0 Å². The van der Waals surface area contributed by atoms with Gasteiger partial charge in [-0.1, -0.05) is 22.9 Å². The number of halogens is 1. The Morgan fingerprint density at radius 2 is 2.00 bits per heavy atom. The Balaban J connectivity index is 1.75. The lowest BCUT2D eigenvalue weighted by atomic mass is 10.2. The third-order valence-corrected chi connectivity index (χ3v) is 5.57. The van der Waals surface area contributed by atoms with Crippen LogP contribution in [-0.2, 0) is 4.74 Å². The van der Waals surface area contributed by atoms with Gasteiger partial charge in [-0.25, -0.2) is 19.3 Å². The van der Waals surface area contributed by atoms with E-state index < -0.39 is 5.97 Å². The van der Waals surface area contributed by atoms with Crippen LogP contribution in [0.15, 0.2) is 30.5 Å². The molecule has 148 valence electrons. The molecular weight excluding hydrogens is 412 g/mol. The molecule has 0 saturated heterocycles. The Morgan fingerprint density at radius 1 is 1.24 bits per heavy atom. The highest BCUT2D eigenvalue weighted by Gasteiger charge is 2.19. The topological polar surface area (TPSA) is 94.3 Å².